The maximum Gasteiger partial charge on any atom is 0.387 e. The summed E-state index contributed by atoms with van der Waals surface area (Å²) in [6.07, 6.45) is 1.97. The van der Waals surface area contributed by atoms with Gasteiger partial charge in [0.05, 0.1) is 6.42 Å². The van der Waals surface area contributed by atoms with Gasteiger partial charge in [-0.3, -0.25) is 4.79 Å². The summed E-state index contributed by atoms with van der Waals surface area (Å²) in [7, 11) is 0. The van der Waals surface area contributed by atoms with Crippen LogP contribution in [0.15, 0.2) is 24.3 Å². The number of carbonyl (C=O) groups is 1. The zero-order valence-electron chi connectivity index (χ0n) is 12.4. The summed E-state index contributed by atoms with van der Waals surface area (Å²) < 4.78 is 29.1. The van der Waals surface area contributed by atoms with Crippen molar-refractivity contribution in [2.45, 2.75) is 44.9 Å². The Kier molecular flexibility index (Phi) is 7.55. The second kappa shape index (κ2) is 8.90. The van der Waals surface area contributed by atoms with Crippen LogP contribution in [-0.2, 0) is 11.2 Å². The van der Waals surface area contributed by atoms with Crippen LogP contribution >= 0.6 is 12.4 Å². The van der Waals surface area contributed by atoms with Crippen LogP contribution in [-0.4, -0.2) is 31.1 Å². The Balaban J connectivity index is 0.00000242. The summed E-state index contributed by atoms with van der Waals surface area (Å²) in [6.45, 7) is 0.0908. The van der Waals surface area contributed by atoms with Crippen molar-refractivity contribution in [2.24, 2.45) is 0 Å². The maximum absolute atomic E-state index is 12.3. The Hall–Kier alpha value is -1.40. The zero-order valence-corrected chi connectivity index (χ0v) is 13.2. The molecule has 124 valence electrons. The molecule has 1 heterocycles. The molecular weight excluding hydrogens is 314 g/mol. The van der Waals surface area contributed by atoms with E-state index in [4.69, 9.17) is 0 Å². The van der Waals surface area contributed by atoms with E-state index in [9.17, 15) is 13.6 Å². The van der Waals surface area contributed by atoms with Gasteiger partial charge in [0.15, 0.2) is 0 Å². The predicted octanol–water partition coefficient (Wildman–Crippen LogP) is 2.51. The number of halogens is 3. The number of hydrogen-bond donors (Lipinski definition) is 2. The lowest BCUT2D eigenvalue weighted by Crippen LogP contribution is -2.52. The molecule has 1 saturated heterocycles. The van der Waals surface area contributed by atoms with Crippen molar-refractivity contribution < 1.29 is 18.3 Å². The smallest absolute Gasteiger partial charge is 0.387 e. The molecular formula is C15H21ClF2N2O2. The summed E-state index contributed by atoms with van der Waals surface area (Å²) in [5.74, 6) is -0.127. The molecule has 1 amide bonds. The highest BCUT2D eigenvalue weighted by atomic mass is 35.5. The lowest BCUT2D eigenvalue weighted by Gasteiger charge is -2.30. The second-order valence-corrected chi connectivity index (χ2v) is 5.22. The number of carbonyl (C=O) groups excluding carboxylic acids is 1. The summed E-state index contributed by atoms with van der Waals surface area (Å²) in [5, 5.41) is 6.25. The normalized spacial score (nSPS) is 21.1. The van der Waals surface area contributed by atoms with Crippen LogP contribution in [0.2, 0.25) is 0 Å². The van der Waals surface area contributed by atoms with Crippen LogP contribution in [0, 0.1) is 0 Å². The van der Waals surface area contributed by atoms with Gasteiger partial charge in [0.1, 0.15) is 5.75 Å². The molecule has 0 saturated carbocycles. The van der Waals surface area contributed by atoms with Crippen LogP contribution in [0.3, 0.4) is 0 Å². The third kappa shape index (κ3) is 5.42. The molecule has 2 rings (SSSR count). The molecule has 7 heteroatoms. The van der Waals surface area contributed by atoms with E-state index in [0.717, 1.165) is 19.4 Å². The van der Waals surface area contributed by atoms with Gasteiger partial charge in [0, 0.05) is 17.6 Å². The number of rotatable bonds is 5. The Labute approximate surface area is 135 Å². The maximum atomic E-state index is 12.3. The van der Waals surface area contributed by atoms with Gasteiger partial charge in [-0.25, -0.2) is 0 Å². The second-order valence-electron chi connectivity index (χ2n) is 5.22. The molecule has 2 N–H and O–H groups in total. The minimum atomic E-state index is -2.89. The first-order valence-electron chi connectivity index (χ1n) is 7.11. The number of alkyl halides is 2. The molecule has 0 bridgehead atoms. The highest BCUT2D eigenvalue weighted by Gasteiger charge is 2.22. The molecule has 4 nitrogen and oxygen atoms in total. The van der Waals surface area contributed by atoms with Gasteiger partial charge in [-0.1, -0.05) is 18.2 Å². The van der Waals surface area contributed by atoms with Crippen LogP contribution in [0.25, 0.3) is 0 Å². The molecule has 2 unspecified atom stereocenters. The monoisotopic (exact) mass is 334 g/mol. The quantitative estimate of drug-likeness (QED) is 0.870. The fourth-order valence-electron chi connectivity index (χ4n) is 2.53. The van der Waals surface area contributed by atoms with Gasteiger partial charge < -0.3 is 15.4 Å². The van der Waals surface area contributed by atoms with Gasteiger partial charge in [0.25, 0.3) is 0 Å². The van der Waals surface area contributed by atoms with Crippen LogP contribution in [0.1, 0.15) is 25.3 Å². The van der Waals surface area contributed by atoms with Crippen molar-refractivity contribution in [3.63, 3.8) is 0 Å². The summed E-state index contributed by atoms with van der Waals surface area (Å²) in [5.41, 5.74) is 0.465. The number of nitrogens with one attached hydrogen (secondary N) is 2. The first kappa shape index (κ1) is 18.6. The molecule has 22 heavy (non-hydrogen) atoms. The van der Waals surface area contributed by atoms with E-state index in [-0.39, 0.29) is 42.6 Å². The third-order valence-electron chi connectivity index (χ3n) is 3.65. The molecule has 1 aromatic rings. The van der Waals surface area contributed by atoms with E-state index in [0.29, 0.717) is 5.56 Å². The number of para-hydroxylation sites is 1. The summed E-state index contributed by atoms with van der Waals surface area (Å²) in [6, 6.07) is 6.67. The van der Waals surface area contributed by atoms with Crippen LogP contribution in [0.5, 0.6) is 5.75 Å². The molecule has 0 radical (unpaired) electrons. The van der Waals surface area contributed by atoms with Crippen LogP contribution in [0.4, 0.5) is 8.78 Å². The van der Waals surface area contributed by atoms with E-state index in [1.807, 2.05) is 6.92 Å². The highest BCUT2D eigenvalue weighted by molar-refractivity contribution is 5.85. The minimum absolute atomic E-state index is 0. The van der Waals surface area contributed by atoms with Crippen LogP contribution < -0.4 is 15.4 Å². The third-order valence-corrected chi connectivity index (χ3v) is 3.65. The minimum Gasteiger partial charge on any atom is -0.435 e. The fraction of sp³-hybridized carbons (Fsp3) is 0.533. The molecule has 1 aromatic carbocycles. The predicted molar refractivity (Wildman–Crippen MR) is 82.7 cm³/mol. The van der Waals surface area contributed by atoms with Crippen molar-refractivity contribution in [3.05, 3.63) is 29.8 Å². The van der Waals surface area contributed by atoms with Gasteiger partial charge in [0.2, 0.25) is 5.91 Å². The Morgan fingerprint density at radius 3 is 2.86 bits per heavy atom. The van der Waals surface area contributed by atoms with Crippen molar-refractivity contribution in [1.82, 2.24) is 10.6 Å². The molecule has 0 aliphatic carbocycles. The van der Waals surface area contributed by atoms with Gasteiger partial charge in [-0.05, 0) is 32.4 Å². The van der Waals surface area contributed by atoms with E-state index < -0.39 is 6.61 Å². The molecule has 1 fully saturated rings. The lowest BCUT2D eigenvalue weighted by atomic mass is 9.99. The zero-order chi connectivity index (χ0) is 15.2. The molecule has 1 aliphatic rings. The van der Waals surface area contributed by atoms with Crippen molar-refractivity contribution in [2.75, 3.05) is 6.54 Å². The average Bonchev–Trinajstić information content (AvgIpc) is 2.43. The van der Waals surface area contributed by atoms with Gasteiger partial charge in [-0.2, -0.15) is 8.78 Å². The first-order valence-corrected chi connectivity index (χ1v) is 7.11. The summed E-state index contributed by atoms with van der Waals surface area (Å²) >= 11 is 0. The topological polar surface area (TPSA) is 50.4 Å². The first-order chi connectivity index (χ1) is 10.1. The number of hydrogen-bond acceptors (Lipinski definition) is 3. The standard InChI is InChI=1S/C15H20F2N2O2.ClH/c1-10-12(6-4-8-18-10)19-14(20)9-11-5-2-3-7-13(11)21-15(16)17;/h2-3,5,7,10,12,15,18H,4,6,8-9H2,1H3,(H,19,20);1H. The van der Waals surface area contributed by atoms with E-state index in [2.05, 4.69) is 15.4 Å². The van der Waals surface area contributed by atoms with Crippen molar-refractivity contribution >= 4 is 18.3 Å². The van der Waals surface area contributed by atoms with Crippen molar-refractivity contribution in [3.8, 4) is 5.75 Å². The number of ether oxygens (including phenoxy) is 1. The van der Waals surface area contributed by atoms with Crippen molar-refractivity contribution in [1.29, 1.82) is 0 Å². The number of amides is 1. The van der Waals surface area contributed by atoms with E-state index >= 15 is 0 Å². The Morgan fingerprint density at radius 1 is 1.45 bits per heavy atom. The summed E-state index contributed by atoms with van der Waals surface area (Å²) in [4.78, 5) is 12.1. The molecule has 0 spiro atoms. The Morgan fingerprint density at radius 2 is 2.18 bits per heavy atom. The van der Waals surface area contributed by atoms with Gasteiger partial charge >= 0.3 is 6.61 Å². The number of piperidine rings is 1. The molecule has 0 aromatic heterocycles. The Bertz CT molecular complexity index is 488. The molecule has 1 aliphatic heterocycles. The fourth-order valence-corrected chi connectivity index (χ4v) is 2.53. The largest absolute Gasteiger partial charge is 0.435 e. The SMILES string of the molecule is CC1NCCCC1NC(=O)Cc1ccccc1OC(F)F.Cl. The van der Waals surface area contributed by atoms with E-state index in [1.165, 1.54) is 6.07 Å². The average molecular weight is 335 g/mol. The van der Waals surface area contributed by atoms with E-state index in [1.54, 1.807) is 18.2 Å². The van der Waals surface area contributed by atoms with Gasteiger partial charge in [-0.15, -0.1) is 12.4 Å². The lowest BCUT2D eigenvalue weighted by molar-refractivity contribution is -0.121. The molecule has 2 atom stereocenters. The number of benzene rings is 1. The highest BCUT2D eigenvalue weighted by Crippen LogP contribution is 2.21.